The van der Waals surface area contributed by atoms with E-state index in [2.05, 4.69) is 15.7 Å². The van der Waals surface area contributed by atoms with Gasteiger partial charge in [-0.1, -0.05) is 0 Å². The van der Waals surface area contributed by atoms with E-state index in [4.69, 9.17) is 0 Å². The van der Waals surface area contributed by atoms with Gasteiger partial charge in [0, 0.05) is 31.0 Å². The second-order valence-corrected chi connectivity index (χ2v) is 8.54. The molecule has 1 aromatic heterocycles. The molecule has 1 saturated heterocycles. The summed E-state index contributed by atoms with van der Waals surface area (Å²) in [6.07, 6.45) is 0.607. The van der Waals surface area contributed by atoms with Crippen molar-refractivity contribution in [3.05, 3.63) is 41.5 Å². The van der Waals surface area contributed by atoms with E-state index >= 15 is 0 Å². The molecule has 2 N–H and O–H groups in total. The molecule has 0 radical (unpaired) electrons. The van der Waals surface area contributed by atoms with Gasteiger partial charge in [0.25, 0.3) is 0 Å². The summed E-state index contributed by atoms with van der Waals surface area (Å²) in [6, 6.07) is 5.67. The number of hydrogen-bond donors (Lipinski definition) is 2. The van der Waals surface area contributed by atoms with E-state index in [-0.39, 0.29) is 18.8 Å². The molecule has 1 aliphatic rings. The molecule has 0 atom stereocenters. The highest BCUT2D eigenvalue weighted by molar-refractivity contribution is 7.89. The standard InChI is InChI=1S/C17H22FN5O3S/c1-12-10-13(2)23(21-12)16-5-4-14(11-15(16)18)20-17(24)19-6-8-22-7-3-9-27(22,25)26/h4-5,10-11H,3,6-9H2,1-2H3,(H2,19,20,24). The zero-order valence-electron chi connectivity index (χ0n) is 15.2. The van der Waals surface area contributed by atoms with E-state index in [1.165, 1.54) is 15.1 Å². The first-order valence-corrected chi connectivity index (χ1v) is 10.2. The van der Waals surface area contributed by atoms with Gasteiger partial charge in [-0.2, -0.15) is 5.10 Å². The van der Waals surface area contributed by atoms with Gasteiger partial charge >= 0.3 is 6.03 Å². The molecule has 1 aromatic carbocycles. The molecule has 2 aromatic rings. The van der Waals surface area contributed by atoms with Crippen LogP contribution in [-0.4, -0.2) is 53.9 Å². The lowest BCUT2D eigenvalue weighted by atomic mass is 10.2. The third-order valence-electron chi connectivity index (χ3n) is 4.29. The van der Waals surface area contributed by atoms with Gasteiger partial charge in [0.05, 0.1) is 11.4 Å². The van der Waals surface area contributed by atoms with Crippen LogP contribution in [-0.2, 0) is 10.0 Å². The summed E-state index contributed by atoms with van der Waals surface area (Å²) in [6.45, 7) is 4.54. The summed E-state index contributed by atoms with van der Waals surface area (Å²) < 4.78 is 40.7. The van der Waals surface area contributed by atoms with Gasteiger partial charge in [-0.3, -0.25) is 0 Å². The number of amides is 2. The Labute approximate surface area is 157 Å². The normalized spacial score (nSPS) is 16.4. The number of carbonyl (C=O) groups excluding carboxylic acids is 1. The molecular formula is C17H22FN5O3S. The Morgan fingerprint density at radius 3 is 2.67 bits per heavy atom. The summed E-state index contributed by atoms with van der Waals surface area (Å²) in [5, 5.41) is 9.36. The van der Waals surface area contributed by atoms with Crippen molar-refractivity contribution in [2.75, 3.05) is 30.7 Å². The first-order valence-electron chi connectivity index (χ1n) is 8.62. The molecule has 10 heteroatoms. The Morgan fingerprint density at radius 1 is 1.30 bits per heavy atom. The van der Waals surface area contributed by atoms with E-state index in [0.717, 1.165) is 11.4 Å². The number of hydrogen-bond acceptors (Lipinski definition) is 4. The van der Waals surface area contributed by atoms with Crippen LogP contribution in [0, 0.1) is 19.7 Å². The van der Waals surface area contributed by atoms with Crippen molar-refractivity contribution in [2.24, 2.45) is 0 Å². The van der Waals surface area contributed by atoms with Crippen LogP contribution in [0.5, 0.6) is 0 Å². The number of nitrogens with zero attached hydrogens (tertiary/aromatic N) is 3. The average Bonchev–Trinajstić information content (AvgIpc) is 3.08. The van der Waals surface area contributed by atoms with Gasteiger partial charge in [-0.15, -0.1) is 0 Å². The maximum absolute atomic E-state index is 14.4. The van der Waals surface area contributed by atoms with Crippen molar-refractivity contribution in [1.82, 2.24) is 19.4 Å². The summed E-state index contributed by atoms with van der Waals surface area (Å²) in [7, 11) is -3.18. The number of halogens is 1. The van der Waals surface area contributed by atoms with Gasteiger partial charge in [0.1, 0.15) is 5.69 Å². The summed E-state index contributed by atoms with van der Waals surface area (Å²) in [5.41, 5.74) is 2.19. The van der Waals surface area contributed by atoms with Crippen LogP contribution in [0.3, 0.4) is 0 Å². The zero-order valence-corrected chi connectivity index (χ0v) is 16.0. The van der Waals surface area contributed by atoms with E-state index in [0.29, 0.717) is 24.3 Å². The Balaban J connectivity index is 1.57. The first-order chi connectivity index (χ1) is 12.8. The summed E-state index contributed by atoms with van der Waals surface area (Å²) >= 11 is 0. The third kappa shape index (κ3) is 4.45. The molecule has 1 fully saturated rings. The van der Waals surface area contributed by atoms with Crippen LogP contribution in [0.2, 0.25) is 0 Å². The van der Waals surface area contributed by atoms with Crippen LogP contribution in [0.4, 0.5) is 14.9 Å². The van der Waals surface area contributed by atoms with Crippen LogP contribution in [0.15, 0.2) is 24.3 Å². The van der Waals surface area contributed by atoms with E-state index < -0.39 is 21.9 Å². The van der Waals surface area contributed by atoms with Crippen molar-refractivity contribution >= 4 is 21.7 Å². The fraction of sp³-hybridized carbons (Fsp3) is 0.412. The lowest BCUT2D eigenvalue weighted by Gasteiger charge is -2.15. The van der Waals surface area contributed by atoms with Crippen molar-refractivity contribution in [1.29, 1.82) is 0 Å². The maximum atomic E-state index is 14.4. The molecule has 0 bridgehead atoms. The molecule has 2 heterocycles. The Kier molecular flexibility index (Phi) is 5.47. The van der Waals surface area contributed by atoms with Crippen molar-refractivity contribution in [3.63, 3.8) is 0 Å². The van der Waals surface area contributed by atoms with E-state index in [1.807, 2.05) is 19.9 Å². The molecule has 146 valence electrons. The molecule has 0 saturated carbocycles. The molecule has 8 nitrogen and oxygen atoms in total. The minimum Gasteiger partial charge on any atom is -0.337 e. The molecule has 2 amide bonds. The van der Waals surface area contributed by atoms with E-state index in [9.17, 15) is 17.6 Å². The Bertz CT molecular complexity index is 957. The van der Waals surface area contributed by atoms with Crippen LogP contribution in [0.1, 0.15) is 17.8 Å². The van der Waals surface area contributed by atoms with Gasteiger partial charge in [0.2, 0.25) is 10.0 Å². The highest BCUT2D eigenvalue weighted by Crippen LogP contribution is 2.20. The Morgan fingerprint density at radius 2 is 2.07 bits per heavy atom. The number of anilines is 1. The number of urea groups is 1. The SMILES string of the molecule is Cc1cc(C)n(-c2ccc(NC(=O)NCCN3CCCS3(=O)=O)cc2F)n1. The topological polar surface area (TPSA) is 96.3 Å². The first kappa shape index (κ1) is 19.3. The van der Waals surface area contributed by atoms with E-state index in [1.54, 1.807) is 12.1 Å². The second-order valence-electron chi connectivity index (χ2n) is 6.45. The highest BCUT2D eigenvalue weighted by atomic mass is 32.2. The molecular weight excluding hydrogens is 373 g/mol. The summed E-state index contributed by atoms with van der Waals surface area (Å²) in [4.78, 5) is 11.9. The number of rotatable bonds is 5. The van der Waals surface area contributed by atoms with Gasteiger partial charge in [-0.05, 0) is 44.5 Å². The van der Waals surface area contributed by atoms with Crippen LogP contribution >= 0.6 is 0 Å². The molecule has 0 spiro atoms. The highest BCUT2D eigenvalue weighted by Gasteiger charge is 2.27. The zero-order chi connectivity index (χ0) is 19.6. The Hall–Kier alpha value is -2.46. The predicted octanol–water partition coefficient (Wildman–Crippen LogP) is 1.79. The monoisotopic (exact) mass is 395 g/mol. The van der Waals surface area contributed by atoms with Gasteiger partial charge in [0.15, 0.2) is 5.82 Å². The minimum atomic E-state index is -3.18. The maximum Gasteiger partial charge on any atom is 0.319 e. The molecule has 0 unspecified atom stereocenters. The molecule has 1 aliphatic heterocycles. The average molecular weight is 395 g/mol. The fourth-order valence-electron chi connectivity index (χ4n) is 3.04. The molecule has 0 aliphatic carbocycles. The van der Waals surface area contributed by atoms with Crippen LogP contribution in [0.25, 0.3) is 5.69 Å². The number of aryl methyl sites for hydroxylation is 2. The minimum absolute atomic E-state index is 0.153. The number of nitrogens with one attached hydrogen (secondary N) is 2. The lowest BCUT2D eigenvalue weighted by Crippen LogP contribution is -2.37. The lowest BCUT2D eigenvalue weighted by molar-refractivity contribution is 0.251. The number of benzene rings is 1. The van der Waals surface area contributed by atoms with Crippen molar-refractivity contribution < 1.29 is 17.6 Å². The number of sulfonamides is 1. The molecule has 27 heavy (non-hydrogen) atoms. The van der Waals surface area contributed by atoms with Gasteiger partial charge < -0.3 is 10.6 Å². The van der Waals surface area contributed by atoms with Gasteiger partial charge in [-0.25, -0.2) is 26.6 Å². The van der Waals surface area contributed by atoms with Crippen molar-refractivity contribution in [2.45, 2.75) is 20.3 Å². The van der Waals surface area contributed by atoms with Crippen molar-refractivity contribution in [3.8, 4) is 5.69 Å². The predicted molar refractivity (Wildman–Crippen MR) is 100.0 cm³/mol. The summed E-state index contributed by atoms with van der Waals surface area (Å²) in [5.74, 6) is -0.359. The number of aromatic nitrogens is 2. The molecule has 3 rings (SSSR count). The smallest absolute Gasteiger partial charge is 0.319 e. The largest absolute Gasteiger partial charge is 0.337 e. The second kappa shape index (κ2) is 7.65. The number of carbonyl (C=O) groups is 1. The third-order valence-corrected chi connectivity index (χ3v) is 6.25. The van der Waals surface area contributed by atoms with Crippen LogP contribution < -0.4 is 10.6 Å². The fourth-order valence-corrected chi connectivity index (χ4v) is 4.57. The quantitative estimate of drug-likeness (QED) is 0.807.